The minimum absolute atomic E-state index is 0.0124. The summed E-state index contributed by atoms with van der Waals surface area (Å²) in [5, 5.41) is 11.5. The van der Waals surface area contributed by atoms with Crippen molar-refractivity contribution in [1.82, 2.24) is 0 Å². The number of primary amides is 1. The number of hydrogen-bond donors (Lipinski definition) is 1. The van der Waals surface area contributed by atoms with E-state index in [1.54, 1.807) is 24.3 Å². The number of fused-ring (bicyclic) bond motifs is 1. The van der Waals surface area contributed by atoms with Gasteiger partial charge >= 0.3 is 0 Å². The maximum absolute atomic E-state index is 11.8. The number of ether oxygens (including phenoxy) is 1. The lowest BCUT2D eigenvalue weighted by molar-refractivity contribution is -0.255. The van der Waals surface area contributed by atoms with Crippen molar-refractivity contribution in [2.45, 2.75) is 6.92 Å². The Labute approximate surface area is 148 Å². The van der Waals surface area contributed by atoms with Gasteiger partial charge in [-0.25, -0.2) is 4.99 Å². The molecule has 2 N–H and O–H groups in total. The molecule has 0 unspecified atom stereocenters. The maximum atomic E-state index is 11.8. The Hall–Kier alpha value is -3.61. The van der Waals surface area contributed by atoms with Crippen LogP contribution in [-0.4, -0.2) is 18.5 Å². The van der Waals surface area contributed by atoms with Gasteiger partial charge in [-0.3, -0.25) is 4.79 Å². The zero-order chi connectivity index (χ0) is 18.7. The van der Waals surface area contributed by atoms with E-state index in [0.717, 1.165) is 0 Å². The van der Waals surface area contributed by atoms with E-state index in [4.69, 9.17) is 14.9 Å². The Bertz CT molecular complexity index is 1050. The number of carbonyl (C=O) groups excluding carboxylic acids is 2. The minimum Gasteiger partial charge on any atom is -0.545 e. The van der Waals surface area contributed by atoms with Gasteiger partial charge in [0.1, 0.15) is 5.56 Å². The van der Waals surface area contributed by atoms with Gasteiger partial charge in [-0.15, -0.1) is 0 Å². The predicted molar refractivity (Wildman–Crippen MR) is 91.9 cm³/mol. The summed E-state index contributed by atoms with van der Waals surface area (Å²) in [6.45, 7) is 2.30. The van der Waals surface area contributed by atoms with Gasteiger partial charge in [0.15, 0.2) is 11.3 Å². The fraction of sp³-hybridized carbons (Fsp3) is 0.105. The molecule has 2 aromatic carbocycles. The number of amides is 1. The Morgan fingerprint density at radius 1 is 1.19 bits per heavy atom. The second-order valence-corrected chi connectivity index (χ2v) is 5.38. The SMILES string of the molecule is CCOc1cccc2cc(C(N)=O)c(=Nc3ccc(C(=O)[O-])cc3)oc12. The van der Waals surface area contributed by atoms with Gasteiger partial charge < -0.3 is 24.8 Å². The number of carbonyl (C=O) groups is 2. The molecule has 132 valence electrons. The molecule has 0 spiro atoms. The molecule has 1 amide bonds. The molecule has 0 aliphatic carbocycles. The van der Waals surface area contributed by atoms with Gasteiger partial charge in [-0.05, 0) is 36.8 Å². The molecule has 7 nitrogen and oxygen atoms in total. The Morgan fingerprint density at radius 2 is 1.92 bits per heavy atom. The topological polar surface area (TPSA) is 118 Å². The van der Waals surface area contributed by atoms with Crippen LogP contribution in [0.3, 0.4) is 0 Å². The number of aromatic carboxylic acids is 1. The Kier molecular flexibility index (Phi) is 4.70. The van der Waals surface area contributed by atoms with Crippen molar-refractivity contribution in [3.8, 4) is 5.75 Å². The normalized spacial score (nSPS) is 11.5. The third-order valence-electron chi connectivity index (χ3n) is 3.64. The summed E-state index contributed by atoms with van der Waals surface area (Å²) >= 11 is 0. The average molecular weight is 351 g/mol. The number of rotatable bonds is 5. The lowest BCUT2D eigenvalue weighted by Crippen LogP contribution is -2.22. The standard InChI is InChI=1S/C19H16N2O5/c1-2-25-15-5-3-4-12-10-14(17(20)22)18(26-16(12)15)21-13-8-6-11(7-9-13)19(23)24/h3-10H,2H2,1H3,(H2,20,22)(H,23,24)/p-1. The van der Waals surface area contributed by atoms with Crippen LogP contribution < -0.4 is 21.1 Å². The lowest BCUT2D eigenvalue weighted by atomic mass is 10.1. The van der Waals surface area contributed by atoms with Gasteiger partial charge in [-0.1, -0.05) is 24.3 Å². The molecule has 0 aliphatic rings. The zero-order valence-corrected chi connectivity index (χ0v) is 13.9. The second kappa shape index (κ2) is 7.10. The molecule has 0 saturated carbocycles. The lowest BCUT2D eigenvalue weighted by Gasteiger charge is -2.07. The fourth-order valence-electron chi connectivity index (χ4n) is 2.44. The molecule has 3 rings (SSSR count). The van der Waals surface area contributed by atoms with Gasteiger partial charge in [0, 0.05) is 5.39 Å². The zero-order valence-electron chi connectivity index (χ0n) is 13.9. The van der Waals surface area contributed by atoms with E-state index in [9.17, 15) is 14.7 Å². The van der Waals surface area contributed by atoms with E-state index < -0.39 is 11.9 Å². The molecule has 1 aromatic heterocycles. The van der Waals surface area contributed by atoms with Gasteiger partial charge in [0.2, 0.25) is 5.55 Å². The average Bonchev–Trinajstić information content (AvgIpc) is 2.62. The summed E-state index contributed by atoms with van der Waals surface area (Å²) in [5.41, 5.74) is 6.42. The van der Waals surface area contributed by atoms with Crippen LogP contribution in [0.4, 0.5) is 5.69 Å². The first kappa shape index (κ1) is 17.2. The molecule has 0 fully saturated rings. The van der Waals surface area contributed by atoms with E-state index >= 15 is 0 Å². The third kappa shape index (κ3) is 3.41. The van der Waals surface area contributed by atoms with E-state index in [2.05, 4.69) is 4.99 Å². The van der Waals surface area contributed by atoms with Crippen LogP contribution in [0.15, 0.2) is 57.9 Å². The smallest absolute Gasteiger partial charge is 0.254 e. The van der Waals surface area contributed by atoms with Crippen LogP contribution in [-0.2, 0) is 0 Å². The first-order valence-electron chi connectivity index (χ1n) is 7.85. The van der Waals surface area contributed by atoms with Crippen molar-refractivity contribution in [1.29, 1.82) is 0 Å². The van der Waals surface area contributed by atoms with E-state index in [1.807, 2.05) is 6.92 Å². The maximum Gasteiger partial charge on any atom is 0.254 e. The molecule has 3 aromatic rings. The van der Waals surface area contributed by atoms with E-state index in [1.165, 1.54) is 24.3 Å². The quantitative estimate of drug-likeness (QED) is 0.748. The van der Waals surface area contributed by atoms with Crippen molar-refractivity contribution >= 4 is 28.5 Å². The molecule has 0 atom stereocenters. The van der Waals surface area contributed by atoms with Gasteiger partial charge in [0.05, 0.1) is 18.3 Å². The Balaban J connectivity index is 2.21. The molecule has 1 heterocycles. The van der Waals surface area contributed by atoms with Crippen LogP contribution in [0.1, 0.15) is 27.6 Å². The highest BCUT2D eigenvalue weighted by molar-refractivity contribution is 5.96. The van der Waals surface area contributed by atoms with Crippen LogP contribution in [0.2, 0.25) is 0 Å². The summed E-state index contributed by atoms with van der Waals surface area (Å²) in [7, 11) is 0. The minimum atomic E-state index is -1.29. The first-order valence-corrected chi connectivity index (χ1v) is 7.85. The summed E-state index contributed by atoms with van der Waals surface area (Å²) in [6, 6.07) is 12.5. The van der Waals surface area contributed by atoms with Crippen molar-refractivity contribution in [3.05, 3.63) is 65.2 Å². The number of nitrogens with zero attached hydrogens (tertiary/aromatic N) is 1. The molecule has 0 saturated heterocycles. The summed E-state index contributed by atoms with van der Waals surface area (Å²) in [4.78, 5) is 26.9. The van der Waals surface area contributed by atoms with Crippen LogP contribution in [0.25, 0.3) is 11.0 Å². The number of nitrogens with two attached hydrogens (primary N) is 1. The predicted octanol–water partition coefficient (Wildman–Crippen LogP) is 1.53. The second-order valence-electron chi connectivity index (χ2n) is 5.38. The highest BCUT2D eigenvalue weighted by Crippen LogP contribution is 2.25. The van der Waals surface area contributed by atoms with Crippen LogP contribution in [0.5, 0.6) is 5.75 Å². The van der Waals surface area contributed by atoms with E-state index in [-0.39, 0.29) is 16.7 Å². The molecular formula is C19H15N2O5-. The molecule has 0 aliphatic heterocycles. The number of para-hydroxylation sites is 1. The van der Waals surface area contributed by atoms with Crippen LogP contribution >= 0.6 is 0 Å². The third-order valence-corrected chi connectivity index (χ3v) is 3.64. The van der Waals surface area contributed by atoms with Crippen molar-refractivity contribution < 1.29 is 23.8 Å². The highest BCUT2D eigenvalue weighted by Gasteiger charge is 2.12. The summed E-state index contributed by atoms with van der Waals surface area (Å²) in [5.74, 6) is -1.46. The van der Waals surface area contributed by atoms with Crippen LogP contribution in [0, 0.1) is 0 Å². The number of carboxylic acids is 1. The first-order chi connectivity index (χ1) is 12.5. The molecule has 0 radical (unpaired) electrons. The molecule has 7 heteroatoms. The molecular weight excluding hydrogens is 336 g/mol. The number of carboxylic acid groups (broad SMARTS) is 1. The highest BCUT2D eigenvalue weighted by atomic mass is 16.5. The molecule has 0 bridgehead atoms. The van der Waals surface area contributed by atoms with Crippen molar-refractivity contribution in [2.75, 3.05) is 6.61 Å². The number of hydrogen-bond acceptors (Lipinski definition) is 6. The summed E-state index contributed by atoms with van der Waals surface area (Å²) in [6.07, 6.45) is 0. The number of benzene rings is 2. The fourth-order valence-corrected chi connectivity index (χ4v) is 2.44. The Morgan fingerprint density at radius 3 is 2.54 bits per heavy atom. The van der Waals surface area contributed by atoms with Crippen molar-refractivity contribution in [2.24, 2.45) is 10.7 Å². The summed E-state index contributed by atoms with van der Waals surface area (Å²) < 4.78 is 11.3. The van der Waals surface area contributed by atoms with Crippen molar-refractivity contribution in [3.63, 3.8) is 0 Å². The van der Waals surface area contributed by atoms with Gasteiger partial charge in [0.25, 0.3) is 5.91 Å². The van der Waals surface area contributed by atoms with Gasteiger partial charge in [-0.2, -0.15) is 0 Å². The molecule has 26 heavy (non-hydrogen) atoms. The van der Waals surface area contributed by atoms with E-state index in [0.29, 0.717) is 29.0 Å². The monoisotopic (exact) mass is 351 g/mol. The largest absolute Gasteiger partial charge is 0.545 e.